The Morgan fingerprint density at radius 2 is 1.39 bits per heavy atom. The second kappa shape index (κ2) is 7.61. The number of benzene rings is 2. The maximum atomic E-state index is 2.38. The molecular weight excluding hydrogens is 350 g/mol. The van der Waals surface area contributed by atoms with Crippen LogP contribution in [-0.2, 0) is 0 Å². The molecule has 18 heavy (non-hydrogen) atoms. The molecule has 1 unspecified atom stereocenters. The fourth-order valence-electron chi connectivity index (χ4n) is 1.48. The minimum absolute atomic E-state index is 0.474. The van der Waals surface area contributed by atoms with Gasteiger partial charge in [0, 0.05) is 0 Å². The van der Waals surface area contributed by atoms with E-state index in [0.29, 0.717) is 34.7 Å². The van der Waals surface area contributed by atoms with Crippen LogP contribution >= 0.6 is 0 Å². The van der Waals surface area contributed by atoms with Crippen LogP contribution in [0.5, 0.6) is 0 Å². The third-order valence-corrected chi connectivity index (χ3v) is 6.37. The Kier molecular flexibility index (Phi) is 5.77. The second-order valence-corrected chi connectivity index (χ2v) is 8.99. The third kappa shape index (κ3) is 4.84. The Hall–Kier alpha value is -0.781. The molecule has 0 aliphatic carbocycles. The van der Waals surface area contributed by atoms with E-state index in [1.807, 2.05) is 0 Å². The molecule has 0 fully saturated rings. The van der Waals surface area contributed by atoms with Crippen molar-refractivity contribution in [1.82, 2.24) is 0 Å². The Morgan fingerprint density at radius 1 is 0.833 bits per heavy atom. The molecule has 0 aliphatic heterocycles. The van der Waals surface area contributed by atoms with Gasteiger partial charge in [-0.05, 0) is 0 Å². The van der Waals surface area contributed by atoms with Crippen molar-refractivity contribution in [1.29, 1.82) is 0 Å². The van der Waals surface area contributed by atoms with Crippen molar-refractivity contribution >= 4 is 38.8 Å². The summed E-state index contributed by atoms with van der Waals surface area (Å²) in [6, 6.07) is 21.5. The van der Waals surface area contributed by atoms with Gasteiger partial charge in [-0.1, -0.05) is 0 Å². The summed E-state index contributed by atoms with van der Waals surface area (Å²) in [4.78, 5) is 3.03. The average Bonchev–Trinajstić information content (AvgIpc) is 2.41. The van der Waals surface area contributed by atoms with Crippen molar-refractivity contribution < 1.29 is 0 Å². The van der Waals surface area contributed by atoms with Crippen molar-refractivity contribution in [2.45, 2.75) is 11.7 Å². The summed E-state index contributed by atoms with van der Waals surface area (Å²) in [5, 5.41) is 0. The number of allylic oxidation sites excluding steroid dienone is 1. The van der Waals surface area contributed by atoms with E-state index in [1.54, 1.807) is 0 Å². The van der Waals surface area contributed by atoms with Crippen LogP contribution in [0.25, 0.3) is 0 Å². The number of hydrogen-bond donors (Lipinski definition) is 0. The summed E-state index contributed by atoms with van der Waals surface area (Å²) in [6.45, 7) is 2.31. The molecule has 0 saturated heterocycles. The van der Waals surface area contributed by atoms with E-state index in [9.17, 15) is 0 Å². The summed E-state index contributed by atoms with van der Waals surface area (Å²) in [5.74, 6) is 0. The van der Waals surface area contributed by atoms with Gasteiger partial charge in [0.1, 0.15) is 0 Å². The van der Waals surface area contributed by atoms with Crippen molar-refractivity contribution in [3.63, 3.8) is 0 Å². The van der Waals surface area contributed by atoms with Crippen molar-refractivity contribution in [2.75, 3.05) is 0 Å². The molecule has 92 valence electrons. The molecule has 0 radical (unpaired) electrons. The fourth-order valence-corrected chi connectivity index (χ4v) is 5.52. The molecule has 0 amide bonds. The molecule has 0 nitrogen and oxygen atoms in total. The van der Waals surface area contributed by atoms with E-state index in [1.165, 1.54) is 8.92 Å². The zero-order chi connectivity index (χ0) is 12.6. The summed E-state index contributed by atoms with van der Waals surface area (Å²) in [7, 11) is 0. The molecule has 0 aromatic heterocycles. The zero-order valence-electron chi connectivity index (χ0n) is 10.3. The first-order valence-corrected chi connectivity index (χ1v) is 9.64. The molecule has 0 saturated carbocycles. The second-order valence-electron chi connectivity index (χ2n) is 3.90. The van der Waals surface area contributed by atoms with Gasteiger partial charge in [0.15, 0.2) is 0 Å². The summed E-state index contributed by atoms with van der Waals surface area (Å²) in [5.41, 5.74) is 0. The Morgan fingerprint density at radius 3 is 2.00 bits per heavy atom. The van der Waals surface area contributed by atoms with Crippen LogP contribution in [0.4, 0.5) is 0 Å². The topological polar surface area (TPSA) is 0 Å². The van der Waals surface area contributed by atoms with Gasteiger partial charge in [-0.15, -0.1) is 0 Å². The SMILES string of the molecule is CC(C=C[Se]c1ccccc1)[Se]c1ccccc1. The minimum atomic E-state index is 0.474. The Balaban J connectivity index is 1.82. The van der Waals surface area contributed by atoms with Crippen molar-refractivity contribution in [3.05, 3.63) is 71.7 Å². The molecule has 2 aromatic rings. The predicted molar refractivity (Wildman–Crippen MR) is 82.2 cm³/mol. The van der Waals surface area contributed by atoms with E-state index in [2.05, 4.69) is 78.6 Å². The molecule has 1 atom stereocenters. The Labute approximate surface area is 122 Å². The van der Waals surface area contributed by atoms with Crippen LogP contribution in [0, 0.1) is 0 Å². The molecule has 2 heteroatoms. The van der Waals surface area contributed by atoms with Gasteiger partial charge >= 0.3 is 122 Å². The molecule has 0 spiro atoms. The standard InChI is InChI=1S/C16H16Se2/c1-14(18-16-10-6-3-7-11-16)12-13-17-15-8-4-2-5-9-15/h2-14H,1H3. The summed E-state index contributed by atoms with van der Waals surface area (Å²) < 4.78 is 2.93. The molecule has 0 N–H and O–H groups in total. The van der Waals surface area contributed by atoms with Crippen LogP contribution in [0.1, 0.15) is 6.92 Å². The van der Waals surface area contributed by atoms with E-state index in [-0.39, 0.29) is 0 Å². The molecule has 0 heterocycles. The van der Waals surface area contributed by atoms with Crippen molar-refractivity contribution in [3.8, 4) is 0 Å². The molecular formula is C16H16Se2. The first-order valence-electron chi connectivity index (χ1n) is 5.95. The van der Waals surface area contributed by atoms with Crippen LogP contribution in [0.15, 0.2) is 71.7 Å². The first-order chi connectivity index (χ1) is 8.84. The van der Waals surface area contributed by atoms with Gasteiger partial charge in [-0.2, -0.15) is 0 Å². The van der Waals surface area contributed by atoms with E-state index < -0.39 is 0 Å². The van der Waals surface area contributed by atoms with Crippen LogP contribution < -0.4 is 8.92 Å². The summed E-state index contributed by atoms with van der Waals surface area (Å²) in [6.07, 6.45) is 2.38. The van der Waals surface area contributed by atoms with E-state index in [0.717, 1.165) is 0 Å². The van der Waals surface area contributed by atoms with Gasteiger partial charge in [-0.3, -0.25) is 0 Å². The number of rotatable bonds is 5. The molecule has 0 aliphatic rings. The van der Waals surface area contributed by atoms with Gasteiger partial charge in [0.25, 0.3) is 0 Å². The van der Waals surface area contributed by atoms with Crippen molar-refractivity contribution in [2.24, 2.45) is 0 Å². The van der Waals surface area contributed by atoms with Crippen LogP contribution in [0.2, 0.25) is 4.82 Å². The number of hydrogen-bond acceptors (Lipinski definition) is 0. The first kappa shape index (κ1) is 13.6. The molecule has 2 rings (SSSR count). The quantitative estimate of drug-likeness (QED) is 0.713. The normalized spacial score (nSPS) is 12.7. The average molecular weight is 366 g/mol. The predicted octanol–water partition coefficient (Wildman–Crippen LogP) is 2.37. The van der Waals surface area contributed by atoms with Gasteiger partial charge in [-0.25, -0.2) is 0 Å². The van der Waals surface area contributed by atoms with Gasteiger partial charge < -0.3 is 0 Å². The van der Waals surface area contributed by atoms with Crippen LogP contribution in [-0.4, -0.2) is 29.9 Å². The van der Waals surface area contributed by atoms with Gasteiger partial charge in [0.05, 0.1) is 0 Å². The zero-order valence-corrected chi connectivity index (χ0v) is 13.7. The van der Waals surface area contributed by atoms with E-state index >= 15 is 0 Å². The fraction of sp³-hybridized carbons (Fsp3) is 0.125. The van der Waals surface area contributed by atoms with Gasteiger partial charge in [0.2, 0.25) is 0 Å². The van der Waals surface area contributed by atoms with E-state index in [4.69, 9.17) is 0 Å². The molecule has 0 bridgehead atoms. The maximum absolute atomic E-state index is 2.38. The monoisotopic (exact) mass is 368 g/mol. The molecule has 2 aromatic carbocycles. The summed E-state index contributed by atoms with van der Waals surface area (Å²) >= 11 is 1.02. The van der Waals surface area contributed by atoms with Crippen LogP contribution in [0.3, 0.4) is 0 Å². The third-order valence-electron chi connectivity index (χ3n) is 2.36. The Bertz CT molecular complexity index is 477.